The van der Waals surface area contributed by atoms with Gasteiger partial charge in [0.1, 0.15) is 5.75 Å². The Morgan fingerprint density at radius 2 is 1.69 bits per heavy atom. The molecular formula is C20H29ClN2O3. The Labute approximate surface area is 161 Å². The lowest BCUT2D eigenvalue weighted by molar-refractivity contribution is -0.131. The van der Waals surface area contributed by atoms with Crippen LogP contribution in [0.4, 0.5) is 0 Å². The predicted octanol–water partition coefficient (Wildman–Crippen LogP) is 2.93. The molecule has 1 N–H and O–H groups in total. The Bertz CT molecular complexity index is 592. The number of nitrogens with zero attached hydrogens (tertiary/aromatic N) is 1. The van der Waals surface area contributed by atoms with E-state index in [1.807, 2.05) is 11.8 Å². The third kappa shape index (κ3) is 5.21. The first kappa shape index (κ1) is 20.7. The van der Waals surface area contributed by atoms with Crippen molar-refractivity contribution in [1.29, 1.82) is 0 Å². The zero-order chi connectivity index (χ0) is 17.6. The maximum Gasteiger partial charge on any atom is 0.223 e. The van der Waals surface area contributed by atoms with E-state index in [9.17, 15) is 9.59 Å². The molecule has 0 spiro atoms. The van der Waals surface area contributed by atoms with Crippen LogP contribution in [0.3, 0.4) is 0 Å². The zero-order valence-corrected chi connectivity index (χ0v) is 16.2. The maximum atomic E-state index is 12.5. The predicted molar refractivity (Wildman–Crippen MR) is 104 cm³/mol. The Kier molecular flexibility index (Phi) is 7.91. The largest absolute Gasteiger partial charge is 0.494 e. The SMILES string of the molecule is CCOc1ccc(C(=O)CCC(=O)N2CC[C@@H]3CNC[C@@H]3CC2)cc1.Cl. The van der Waals surface area contributed by atoms with Gasteiger partial charge in [-0.2, -0.15) is 0 Å². The lowest BCUT2D eigenvalue weighted by atomic mass is 9.92. The van der Waals surface area contributed by atoms with E-state index < -0.39 is 0 Å². The molecule has 2 aliphatic rings. The summed E-state index contributed by atoms with van der Waals surface area (Å²) < 4.78 is 5.38. The van der Waals surface area contributed by atoms with Gasteiger partial charge in [-0.15, -0.1) is 12.4 Å². The highest BCUT2D eigenvalue weighted by Crippen LogP contribution is 2.27. The molecule has 2 heterocycles. The van der Waals surface area contributed by atoms with Crippen LogP contribution in [-0.2, 0) is 4.79 Å². The van der Waals surface area contributed by atoms with E-state index in [-0.39, 0.29) is 30.5 Å². The van der Waals surface area contributed by atoms with E-state index in [0.29, 0.717) is 30.4 Å². The lowest BCUT2D eigenvalue weighted by Gasteiger charge is -2.20. The third-order valence-corrected chi connectivity index (χ3v) is 5.43. The molecule has 0 radical (unpaired) electrons. The van der Waals surface area contributed by atoms with Gasteiger partial charge < -0.3 is 15.0 Å². The van der Waals surface area contributed by atoms with Crippen LogP contribution in [-0.4, -0.2) is 49.4 Å². The summed E-state index contributed by atoms with van der Waals surface area (Å²) in [5, 5.41) is 3.45. The number of fused-ring (bicyclic) bond motifs is 1. The van der Waals surface area contributed by atoms with Crippen LogP contribution in [0.25, 0.3) is 0 Å². The average Bonchev–Trinajstić information content (AvgIpc) is 2.98. The number of carbonyl (C=O) groups excluding carboxylic acids is 2. The molecule has 144 valence electrons. The molecule has 0 bridgehead atoms. The summed E-state index contributed by atoms with van der Waals surface area (Å²) in [6, 6.07) is 7.16. The molecule has 6 heteroatoms. The van der Waals surface area contributed by atoms with E-state index >= 15 is 0 Å². The number of benzene rings is 1. The minimum Gasteiger partial charge on any atom is -0.494 e. The summed E-state index contributed by atoms with van der Waals surface area (Å²) in [7, 11) is 0. The minimum absolute atomic E-state index is 0. The van der Waals surface area contributed by atoms with Gasteiger partial charge >= 0.3 is 0 Å². The van der Waals surface area contributed by atoms with E-state index in [4.69, 9.17) is 4.74 Å². The quantitative estimate of drug-likeness (QED) is 0.771. The highest BCUT2D eigenvalue weighted by atomic mass is 35.5. The molecule has 2 aliphatic heterocycles. The molecule has 0 unspecified atom stereocenters. The van der Waals surface area contributed by atoms with E-state index in [0.717, 1.165) is 44.8 Å². The van der Waals surface area contributed by atoms with Gasteiger partial charge in [-0.3, -0.25) is 9.59 Å². The molecule has 1 aromatic carbocycles. The van der Waals surface area contributed by atoms with Crippen LogP contribution in [0.5, 0.6) is 5.75 Å². The summed E-state index contributed by atoms with van der Waals surface area (Å²) in [4.78, 5) is 26.8. The van der Waals surface area contributed by atoms with Gasteiger partial charge in [0, 0.05) is 31.5 Å². The Morgan fingerprint density at radius 1 is 1.08 bits per heavy atom. The van der Waals surface area contributed by atoms with Crippen molar-refractivity contribution in [3.05, 3.63) is 29.8 Å². The number of hydrogen-bond donors (Lipinski definition) is 1. The first-order valence-corrected chi connectivity index (χ1v) is 9.42. The second-order valence-corrected chi connectivity index (χ2v) is 7.02. The molecule has 2 fully saturated rings. The average molecular weight is 381 g/mol. The number of amides is 1. The first-order chi connectivity index (χ1) is 12.2. The maximum absolute atomic E-state index is 12.5. The molecule has 0 saturated carbocycles. The fourth-order valence-corrected chi connectivity index (χ4v) is 3.89. The van der Waals surface area contributed by atoms with Gasteiger partial charge in [0.2, 0.25) is 5.91 Å². The lowest BCUT2D eigenvalue weighted by Crippen LogP contribution is -2.32. The van der Waals surface area contributed by atoms with E-state index in [2.05, 4.69) is 5.32 Å². The normalized spacial score (nSPS) is 22.1. The Morgan fingerprint density at radius 3 is 2.27 bits per heavy atom. The number of likely N-dealkylation sites (tertiary alicyclic amines) is 1. The van der Waals surface area contributed by atoms with Crippen molar-refractivity contribution in [2.75, 3.05) is 32.8 Å². The van der Waals surface area contributed by atoms with Gasteiger partial charge in [-0.25, -0.2) is 0 Å². The molecular weight excluding hydrogens is 352 g/mol. The Hall–Kier alpha value is -1.59. The van der Waals surface area contributed by atoms with Gasteiger partial charge in [0.25, 0.3) is 0 Å². The van der Waals surface area contributed by atoms with Crippen LogP contribution >= 0.6 is 12.4 Å². The van der Waals surface area contributed by atoms with Crippen molar-refractivity contribution in [2.24, 2.45) is 11.8 Å². The van der Waals surface area contributed by atoms with Crippen molar-refractivity contribution in [3.8, 4) is 5.75 Å². The number of carbonyl (C=O) groups is 2. The molecule has 5 nitrogen and oxygen atoms in total. The molecule has 3 rings (SSSR count). The van der Waals surface area contributed by atoms with E-state index in [1.165, 1.54) is 0 Å². The fraction of sp³-hybridized carbons (Fsp3) is 0.600. The number of halogens is 1. The van der Waals surface area contributed by atoms with Crippen LogP contribution < -0.4 is 10.1 Å². The molecule has 2 atom stereocenters. The number of rotatable bonds is 6. The number of Topliss-reactive ketones (excluding diaryl/α,β-unsaturated/α-hetero) is 1. The molecule has 1 amide bonds. The topological polar surface area (TPSA) is 58.6 Å². The standard InChI is InChI=1S/C20H28N2O3.ClH/c1-2-25-18-5-3-15(4-6-18)19(23)7-8-20(24)22-11-9-16-13-21-14-17(16)10-12-22;/h3-6,16-17,21H,2,7-14H2,1H3;1H/t16-,17+;. The van der Waals surface area contributed by atoms with Gasteiger partial charge in [0.05, 0.1) is 6.61 Å². The molecule has 1 aromatic rings. The van der Waals surface area contributed by atoms with Gasteiger partial charge in [0.15, 0.2) is 5.78 Å². The molecule has 0 aliphatic carbocycles. The smallest absolute Gasteiger partial charge is 0.223 e. The van der Waals surface area contributed by atoms with Gasteiger partial charge in [-0.05, 0) is 69.0 Å². The highest BCUT2D eigenvalue weighted by molar-refractivity contribution is 5.98. The highest BCUT2D eigenvalue weighted by Gasteiger charge is 2.31. The molecule has 2 saturated heterocycles. The van der Waals surface area contributed by atoms with Crippen LogP contribution in [0, 0.1) is 11.8 Å². The van der Waals surface area contributed by atoms with Crippen LogP contribution in [0.1, 0.15) is 43.0 Å². The zero-order valence-electron chi connectivity index (χ0n) is 15.4. The summed E-state index contributed by atoms with van der Waals surface area (Å²) in [6.07, 6.45) is 2.74. The second-order valence-electron chi connectivity index (χ2n) is 7.02. The van der Waals surface area contributed by atoms with Crippen molar-refractivity contribution >= 4 is 24.1 Å². The minimum atomic E-state index is 0. The van der Waals surface area contributed by atoms with Crippen molar-refractivity contribution in [2.45, 2.75) is 32.6 Å². The first-order valence-electron chi connectivity index (χ1n) is 9.42. The number of hydrogen-bond acceptors (Lipinski definition) is 4. The second kappa shape index (κ2) is 9.93. The fourth-order valence-electron chi connectivity index (χ4n) is 3.89. The van der Waals surface area contributed by atoms with Crippen molar-refractivity contribution in [3.63, 3.8) is 0 Å². The Balaban J connectivity index is 0.00000243. The summed E-state index contributed by atoms with van der Waals surface area (Å²) in [5.41, 5.74) is 0.646. The number of ketones is 1. The van der Waals surface area contributed by atoms with Gasteiger partial charge in [-0.1, -0.05) is 0 Å². The number of nitrogens with one attached hydrogen (secondary N) is 1. The number of ether oxygens (including phenoxy) is 1. The van der Waals surface area contributed by atoms with Crippen LogP contribution in [0.15, 0.2) is 24.3 Å². The molecule has 26 heavy (non-hydrogen) atoms. The summed E-state index contributed by atoms with van der Waals surface area (Å²) in [6.45, 7) is 6.37. The van der Waals surface area contributed by atoms with Crippen molar-refractivity contribution < 1.29 is 14.3 Å². The van der Waals surface area contributed by atoms with E-state index in [1.54, 1.807) is 24.3 Å². The van der Waals surface area contributed by atoms with Crippen LogP contribution in [0.2, 0.25) is 0 Å². The molecule has 0 aromatic heterocycles. The monoisotopic (exact) mass is 380 g/mol. The summed E-state index contributed by atoms with van der Waals surface area (Å²) >= 11 is 0. The summed E-state index contributed by atoms with van der Waals surface area (Å²) in [5.74, 6) is 2.32. The third-order valence-electron chi connectivity index (χ3n) is 5.43. The van der Waals surface area contributed by atoms with Crippen molar-refractivity contribution in [1.82, 2.24) is 10.2 Å².